The molecule has 1 N–H and O–H groups in total. The van der Waals surface area contributed by atoms with Crippen molar-refractivity contribution in [3.63, 3.8) is 0 Å². The average Bonchev–Trinajstić information content (AvgIpc) is 2.08. The fraction of sp³-hybridized carbons (Fsp3) is 0.857. The van der Waals surface area contributed by atoms with Gasteiger partial charge in [-0.05, 0) is 13.5 Å². The summed E-state index contributed by atoms with van der Waals surface area (Å²) in [5.74, 6) is -1.05. The van der Waals surface area contributed by atoms with E-state index in [-0.39, 0.29) is 13.0 Å². The summed E-state index contributed by atoms with van der Waals surface area (Å²) in [5.41, 5.74) is -1.49. The monoisotopic (exact) mass is 161 g/mol. The standard InChI is InChI=1S/C7H12FNO2/c1-9-3-2-7(8,5-9)4-6(10)11/h2-5H2,1H3,(H,10,11). The van der Waals surface area contributed by atoms with Gasteiger partial charge in [0.25, 0.3) is 0 Å². The Morgan fingerprint density at radius 1 is 1.82 bits per heavy atom. The Kier molecular flexibility index (Phi) is 2.13. The zero-order valence-corrected chi connectivity index (χ0v) is 6.51. The van der Waals surface area contributed by atoms with E-state index in [2.05, 4.69) is 0 Å². The molecule has 1 aliphatic rings. The van der Waals surface area contributed by atoms with Gasteiger partial charge in [0.1, 0.15) is 5.67 Å². The summed E-state index contributed by atoms with van der Waals surface area (Å²) in [7, 11) is 1.79. The molecular weight excluding hydrogens is 149 g/mol. The summed E-state index contributed by atoms with van der Waals surface area (Å²) in [5, 5.41) is 8.37. The summed E-state index contributed by atoms with van der Waals surface area (Å²) in [4.78, 5) is 12.0. The van der Waals surface area contributed by atoms with Crippen LogP contribution in [0.4, 0.5) is 4.39 Å². The van der Waals surface area contributed by atoms with Crippen molar-refractivity contribution in [2.75, 3.05) is 20.1 Å². The third-order valence-electron chi connectivity index (χ3n) is 1.96. The van der Waals surface area contributed by atoms with E-state index in [1.165, 1.54) is 0 Å². The number of carbonyl (C=O) groups is 1. The largest absolute Gasteiger partial charge is 0.481 e. The van der Waals surface area contributed by atoms with Crippen LogP contribution >= 0.6 is 0 Å². The van der Waals surface area contributed by atoms with Crippen molar-refractivity contribution in [1.82, 2.24) is 4.90 Å². The molecule has 4 heteroatoms. The van der Waals surface area contributed by atoms with Gasteiger partial charge in [-0.15, -0.1) is 0 Å². The van der Waals surface area contributed by atoms with E-state index in [0.29, 0.717) is 13.0 Å². The van der Waals surface area contributed by atoms with E-state index in [1.807, 2.05) is 4.90 Å². The van der Waals surface area contributed by atoms with Gasteiger partial charge in [-0.2, -0.15) is 0 Å². The molecule has 1 fully saturated rings. The molecule has 1 atom stereocenters. The molecule has 1 unspecified atom stereocenters. The zero-order valence-electron chi connectivity index (χ0n) is 6.51. The maximum absolute atomic E-state index is 13.4. The van der Waals surface area contributed by atoms with Gasteiger partial charge in [-0.25, -0.2) is 4.39 Å². The lowest BCUT2D eigenvalue weighted by Gasteiger charge is -2.15. The molecule has 0 aromatic carbocycles. The van der Waals surface area contributed by atoms with E-state index in [4.69, 9.17) is 5.11 Å². The second-order valence-corrected chi connectivity index (χ2v) is 3.21. The third-order valence-corrected chi connectivity index (χ3v) is 1.96. The van der Waals surface area contributed by atoms with Crippen LogP contribution in [0.2, 0.25) is 0 Å². The molecule has 1 rings (SSSR count). The van der Waals surface area contributed by atoms with Crippen LogP contribution in [0.25, 0.3) is 0 Å². The Labute approximate surface area is 64.8 Å². The molecule has 0 radical (unpaired) electrons. The maximum Gasteiger partial charge on any atom is 0.306 e. The summed E-state index contributed by atoms with van der Waals surface area (Å²) < 4.78 is 13.4. The van der Waals surface area contributed by atoms with Crippen molar-refractivity contribution >= 4 is 5.97 Å². The lowest BCUT2D eigenvalue weighted by molar-refractivity contribution is -0.139. The number of carboxylic acids is 1. The predicted octanol–water partition coefficient (Wildman–Crippen LogP) is 0.505. The SMILES string of the molecule is CN1CCC(F)(CC(=O)O)C1. The fourth-order valence-corrected chi connectivity index (χ4v) is 1.45. The van der Waals surface area contributed by atoms with Gasteiger partial charge >= 0.3 is 5.97 Å². The van der Waals surface area contributed by atoms with Gasteiger partial charge in [-0.1, -0.05) is 0 Å². The van der Waals surface area contributed by atoms with Gasteiger partial charge < -0.3 is 10.0 Å². The van der Waals surface area contributed by atoms with Gasteiger partial charge in [-0.3, -0.25) is 4.79 Å². The van der Waals surface area contributed by atoms with Crippen LogP contribution in [0.1, 0.15) is 12.8 Å². The normalized spacial score (nSPS) is 32.5. The molecule has 64 valence electrons. The molecule has 1 aliphatic heterocycles. The van der Waals surface area contributed by atoms with Crippen LogP contribution in [0.3, 0.4) is 0 Å². The second kappa shape index (κ2) is 2.77. The van der Waals surface area contributed by atoms with Crippen molar-refractivity contribution in [3.8, 4) is 0 Å². The van der Waals surface area contributed by atoms with E-state index < -0.39 is 11.6 Å². The summed E-state index contributed by atoms with van der Waals surface area (Å²) in [6.45, 7) is 0.906. The first-order valence-corrected chi connectivity index (χ1v) is 3.61. The van der Waals surface area contributed by atoms with Crippen molar-refractivity contribution < 1.29 is 14.3 Å². The van der Waals surface area contributed by atoms with Crippen molar-refractivity contribution in [2.24, 2.45) is 0 Å². The highest BCUT2D eigenvalue weighted by Crippen LogP contribution is 2.27. The smallest absolute Gasteiger partial charge is 0.306 e. The van der Waals surface area contributed by atoms with Crippen LogP contribution in [-0.2, 0) is 4.79 Å². The van der Waals surface area contributed by atoms with Crippen LogP contribution in [0, 0.1) is 0 Å². The molecule has 3 nitrogen and oxygen atoms in total. The molecule has 0 aromatic heterocycles. The molecule has 0 amide bonds. The predicted molar refractivity (Wildman–Crippen MR) is 38.2 cm³/mol. The zero-order chi connectivity index (χ0) is 8.48. The number of carboxylic acid groups (broad SMARTS) is 1. The van der Waals surface area contributed by atoms with E-state index >= 15 is 0 Å². The fourth-order valence-electron chi connectivity index (χ4n) is 1.45. The van der Waals surface area contributed by atoms with Crippen LogP contribution < -0.4 is 0 Å². The number of alkyl halides is 1. The minimum absolute atomic E-state index is 0.249. The Hall–Kier alpha value is -0.640. The highest BCUT2D eigenvalue weighted by Gasteiger charge is 2.38. The number of halogens is 1. The summed E-state index contributed by atoms with van der Waals surface area (Å²) in [6, 6.07) is 0. The van der Waals surface area contributed by atoms with Gasteiger partial charge in [0, 0.05) is 13.1 Å². The van der Waals surface area contributed by atoms with Gasteiger partial charge in [0.15, 0.2) is 0 Å². The molecule has 1 saturated heterocycles. The molecule has 0 aromatic rings. The van der Waals surface area contributed by atoms with Gasteiger partial charge in [0.2, 0.25) is 0 Å². The van der Waals surface area contributed by atoms with E-state index in [0.717, 1.165) is 0 Å². The Morgan fingerprint density at radius 3 is 2.82 bits per heavy atom. The third kappa shape index (κ3) is 2.15. The summed E-state index contributed by atoms with van der Waals surface area (Å²) >= 11 is 0. The Bertz CT molecular complexity index is 174. The van der Waals surface area contributed by atoms with E-state index in [9.17, 15) is 9.18 Å². The molecule has 11 heavy (non-hydrogen) atoms. The molecule has 0 aliphatic carbocycles. The topological polar surface area (TPSA) is 40.5 Å². The highest BCUT2D eigenvalue weighted by atomic mass is 19.1. The minimum Gasteiger partial charge on any atom is -0.481 e. The quantitative estimate of drug-likeness (QED) is 0.641. The lowest BCUT2D eigenvalue weighted by atomic mass is 10.0. The van der Waals surface area contributed by atoms with Crippen molar-refractivity contribution in [1.29, 1.82) is 0 Å². The number of likely N-dealkylation sites (tertiary alicyclic amines) is 1. The lowest BCUT2D eigenvalue weighted by Crippen LogP contribution is -2.29. The average molecular weight is 161 g/mol. The Morgan fingerprint density at radius 2 is 2.45 bits per heavy atom. The van der Waals surface area contributed by atoms with Crippen LogP contribution in [-0.4, -0.2) is 41.8 Å². The van der Waals surface area contributed by atoms with Crippen LogP contribution in [0.15, 0.2) is 0 Å². The number of hydrogen-bond acceptors (Lipinski definition) is 2. The molecule has 0 bridgehead atoms. The summed E-state index contributed by atoms with van der Waals surface area (Å²) in [6.07, 6.45) is -0.0207. The number of rotatable bonds is 2. The van der Waals surface area contributed by atoms with Crippen molar-refractivity contribution in [3.05, 3.63) is 0 Å². The maximum atomic E-state index is 13.4. The van der Waals surface area contributed by atoms with Crippen LogP contribution in [0.5, 0.6) is 0 Å². The molecule has 0 saturated carbocycles. The Balaban J connectivity index is 2.48. The van der Waals surface area contributed by atoms with Crippen molar-refractivity contribution in [2.45, 2.75) is 18.5 Å². The number of nitrogens with zero attached hydrogens (tertiary/aromatic N) is 1. The molecule has 0 spiro atoms. The first kappa shape index (κ1) is 8.46. The van der Waals surface area contributed by atoms with Gasteiger partial charge in [0.05, 0.1) is 6.42 Å². The molecule has 1 heterocycles. The second-order valence-electron chi connectivity index (χ2n) is 3.21. The highest BCUT2D eigenvalue weighted by molar-refractivity contribution is 5.68. The molecular formula is C7H12FNO2. The first-order chi connectivity index (χ1) is 5.02. The van der Waals surface area contributed by atoms with E-state index in [1.54, 1.807) is 7.05 Å². The number of hydrogen-bond donors (Lipinski definition) is 1. The minimum atomic E-state index is -1.49. The first-order valence-electron chi connectivity index (χ1n) is 3.61. The number of aliphatic carboxylic acids is 1.